The molecule has 0 spiro atoms. The maximum absolute atomic E-state index is 12.2. The van der Waals surface area contributed by atoms with Gasteiger partial charge in [0.15, 0.2) is 11.3 Å². The van der Waals surface area contributed by atoms with Crippen molar-refractivity contribution in [3.05, 3.63) is 83.2 Å². The van der Waals surface area contributed by atoms with Gasteiger partial charge >= 0.3 is 5.69 Å². The van der Waals surface area contributed by atoms with Crippen molar-refractivity contribution in [3.8, 4) is 5.69 Å². The van der Waals surface area contributed by atoms with Gasteiger partial charge in [0.2, 0.25) is 0 Å². The average Bonchev–Trinajstić information content (AvgIpc) is 3.32. The number of aromatic nitrogens is 5. The minimum Gasteiger partial charge on any atom is -0.351 e. The third-order valence-electron chi connectivity index (χ3n) is 4.16. The van der Waals surface area contributed by atoms with Gasteiger partial charge in [-0.15, -0.1) is 5.10 Å². The van der Waals surface area contributed by atoms with E-state index in [4.69, 9.17) is 0 Å². The molecular formula is C19H18N6O2. The van der Waals surface area contributed by atoms with Crippen LogP contribution in [0.1, 0.15) is 16.9 Å². The summed E-state index contributed by atoms with van der Waals surface area (Å²) < 4.78 is 4.56. The zero-order chi connectivity index (χ0) is 18.6. The topological polar surface area (TPSA) is 86.2 Å². The summed E-state index contributed by atoms with van der Waals surface area (Å²) in [6.45, 7) is 0.858. The second-order valence-electron chi connectivity index (χ2n) is 6.03. The molecule has 3 heterocycles. The van der Waals surface area contributed by atoms with Crippen molar-refractivity contribution < 1.29 is 4.79 Å². The van der Waals surface area contributed by atoms with E-state index in [0.29, 0.717) is 30.9 Å². The molecule has 0 aliphatic heterocycles. The molecule has 8 heteroatoms. The summed E-state index contributed by atoms with van der Waals surface area (Å²) in [5, 5.41) is 11.4. The van der Waals surface area contributed by atoms with E-state index in [-0.39, 0.29) is 11.6 Å². The Morgan fingerprint density at radius 2 is 1.78 bits per heavy atom. The zero-order valence-corrected chi connectivity index (χ0v) is 14.5. The van der Waals surface area contributed by atoms with Gasteiger partial charge in [-0.1, -0.05) is 24.3 Å². The Balaban J connectivity index is 1.33. The molecule has 1 aromatic carbocycles. The quantitative estimate of drug-likeness (QED) is 0.527. The van der Waals surface area contributed by atoms with E-state index in [2.05, 4.69) is 15.5 Å². The van der Waals surface area contributed by atoms with Crippen molar-refractivity contribution in [3.63, 3.8) is 0 Å². The number of pyridine rings is 1. The lowest BCUT2D eigenvalue weighted by atomic mass is 10.3. The maximum Gasteiger partial charge on any atom is 0.350 e. The minimum atomic E-state index is -0.243. The Morgan fingerprint density at radius 1 is 0.963 bits per heavy atom. The number of fused-ring (bicyclic) bond motifs is 1. The summed E-state index contributed by atoms with van der Waals surface area (Å²) in [5.74, 6) is -0.243. The Kier molecular flexibility index (Phi) is 4.52. The van der Waals surface area contributed by atoms with Crippen LogP contribution in [-0.2, 0) is 6.54 Å². The largest absolute Gasteiger partial charge is 0.351 e. The lowest BCUT2D eigenvalue weighted by Gasteiger charge is -2.03. The molecule has 0 saturated heterocycles. The predicted molar refractivity (Wildman–Crippen MR) is 100.0 cm³/mol. The van der Waals surface area contributed by atoms with Gasteiger partial charge in [0.25, 0.3) is 5.91 Å². The normalized spacial score (nSPS) is 11.0. The van der Waals surface area contributed by atoms with E-state index in [9.17, 15) is 9.59 Å². The highest BCUT2D eigenvalue weighted by atomic mass is 16.2. The summed E-state index contributed by atoms with van der Waals surface area (Å²) in [7, 11) is 0. The first-order valence-electron chi connectivity index (χ1n) is 8.66. The van der Waals surface area contributed by atoms with Gasteiger partial charge in [0.1, 0.15) is 0 Å². The van der Waals surface area contributed by atoms with Crippen LogP contribution in [0.25, 0.3) is 11.3 Å². The number of para-hydroxylation sites is 1. The molecule has 0 unspecified atom stereocenters. The van der Waals surface area contributed by atoms with Crippen LogP contribution in [0.4, 0.5) is 0 Å². The van der Waals surface area contributed by atoms with Gasteiger partial charge in [0, 0.05) is 25.5 Å². The lowest BCUT2D eigenvalue weighted by Crippen LogP contribution is -2.27. The number of hydrogen-bond acceptors (Lipinski definition) is 4. The third kappa shape index (κ3) is 3.50. The van der Waals surface area contributed by atoms with Crippen LogP contribution in [0.3, 0.4) is 0 Å². The van der Waals surface area contributed by atoms with Gasteiger partial charge in [0.05, 0.1) is 5.69 Å². The fourth-order valence-electron chi connectivity index (χ4n) is 2.80. The minimum absolute atomic E-state index is 0.182. The number of hydrogen-bond donors (Lipinski definition) is 1. The molecule has 4 rings (SSSR count). The maximum atomic E-state index is 12.2. The highest BCUT2D eigenvalue weighted by molar-refractivity contribution is 5.92. The monoisotopic (exact) mass is 362 g/mol. The molecule has 4 aromatic rings. The first kappa shape index (κ1) is 16.8. The van der Waals surface area contributed by atoms with Crippen LogP contribution in [0.5, 0.6) is 0 Å². The van der Waals surface area contributed by atoms with Gasteiger partial charge in [-0.3, -0.25) is 9.20 Å². The number of nitrogens with one attached hydrogen (secondary N) is 1. The van der Waals surface area contributed by atoms with Crippen LogP contribution in [0, 0.1) is 0 Å². The summed E-state index contributed by atoms with van der Waals surface area (Å²) in [6, 6.07) is 16.7. The van der Waals surface area contributed by atoms with Crippen molar-refractivity contribution in [1.82, 2.24) is 29.3 Å². The molecular weight excluding hydrogens is 344 g/mol. The Labute approximate surface area is 154 Å². The fourth-order valence-corrected chi connectivity index (χ4v) is 2.80. The Bertz CT molecular complexity index is 1130. The number of nitrogens with zero attached hydrogens (tertiary/aromatic N) is 5. The molecule has 0 fully saturated rings. The molecule has 8 nitrogen and oxygen atoms in total. The van der Waals surface area contributed by atoms with Crippen molar-refractivity contribution >= 4 is 11.6 Å². The molecule has 1 N–H and O–H groups in total. The molecule has 0 bridgehead atoms. The average molecular weight is 362 g/mol. The standard InChI is InChI=1S/C19H18N6O2/c26-18(16-10-14-24(21-16)15-7-2-1-3-8-15)20-11-6-13-25-19(27)23-12-5-4-9-17(23)22-25/h1-5,7-10,12,14H,6,11,13H2,(H,20,26). The SMILES string of the molecule is O=C(NCCCn1nc2ccccn2c1=O)c1ccn(-c2ccccc2)n1. The highest BCUT2D eigenvalue weighted by Crippen LogP contribution is 2.06. The highest BCUT2D eigenvalue weighted by Gasteiger charge is 2.10. The summed E-state index contributed by atoms with van der Waals surface area (Å²) >= 11 is 0. The molecule has 0 aliphatic carbocycles. The van der Waals surface area contributed by atoms with Gasteiger partial charge < -0.3 is 5.32 Å². The van der Waals surface area contributed by atoms with Crippen LogP contribution in [0.2, 0.25) is 0 Å². The number of amides is 1. The molecule has 27 heavy (non-hydrogen) atoms. The second kappa shape index (κ2) is 7.28. The zero-order valence-electron chi connectivity index (χ0n) is 14.5. The van der Waals surface area contributed by atoms with Crippen molar-refractivity contribution in [1.29, 1.82) is 0 Å². The lowest BCUT2D eigenvalue weighted by molar-refractivity contribution is 0.0947. The van der Waals surface area contributed by atoms with E-state index >= 15 is 0 Å². The number of carbonyl (C=O) groups excluding carboxylic acids is 1. The van der Waals surface area contributed by atoms with E-state index in [1.807, 2.05) is 36.4 Å². The molecule has 0 aliphatic rings. The van der Waals surface area contributed by atoms with Crippen molar-refractivity contribution in [2.24, 2.45) is 0 Å². The van der Waals surface area contributed by atoms with Crippen molar-refractivity contribution in [2.45, 2.75) is 13.0 Å². The van der Waals surface area contributed by atoms with E-state index in [0.717, 1.165) is 5.69 Å². The van der Waals surface area contributed by atoms with Gasteiger partial charge in [-0.05, 0) is 36.8 Å². The molecule has 136 valence electrons. The number of rotatable bonds is 6. The Morgan fingerprint density at radius 3 is 2.59 bits per heavy atom. The second-order valence-corrected chi connectivity index (χ2v) is 6.03. The molecule has 0 atom stereocenters. The van der Waals surface area contributed by atoms with E-state index in [1.54, 1.807) is 35.3 Å². The van der Waals surface area contributed by atoms with E-state index in [1.165, 1.54) is 9.08 Å². The molecule has 0 saturated carbocycles. The Hall–Kier alpha value is -3.68. The summed E-state index contributed by atoms with van der Waals surface area (Å²) in [5.41, 5.74) is 1.67. The van der Waals surface area contributed by atoms with Crippen LogP contribution in [0.15, 0.2) is 71.8 Å². The van der Waals surface area contributed by atoms with Crippen LogP contribution < -0.4 is 11.0 Å². The summed E-state index contributed by atoms with van der Waals surface area (Å²) in [6.07, 6.45) is 4.03. The fraction of sp³-hybridized carbons (Fsp3) is 0.158. The molecule has 3 aromatic heterocycles. The smallest absolute Gasteiger partial charge is 0.350 e. The van der Waals surface area contributed by atoms with Crippen LogP contribution in [-0.4, -0.2) is 36.4 Å². The molecule has 1 amide bonds. The van der Waals surface area contributed by atoms with E-state index < -0.39 is 0 Å². The predicted octanol–water partition coefficient (Wildman–Crippen LogP) is 1.50. The van der Waals surface area contributed by atoms with Crippen molar-refractivity contribution in [2.75, 3.05) is 6.54 Å². The third-order valence-corrected chi connectivity index (χ3v) is 4.16. The summed E-state index contributed by atoms with van der Waals surface area (Å²) in [4.78, 5) is 24.4. The first-order chi connectivity index (χ1) is 13.2. The van der Waals surface area contributed by atoms with Gasteiger partial charge in [-0.2, -0.15) is 5.10 Å². The van der Waals surface area contributed by atoms with Gasteiger partial charge in [-0.25, -0.2) is 14.2 Å². The molecule has 0 radical (unpaired) electrons. The first-order valence-corrected chi connectivity index (χ1v) is 8.66. The number of carbonyl (C=O) groups is 1. The van der Waals surface area contributed by atoms with Crippen LogP contribution >= 0.6 is 0 Å². The number of aryl methyl sites for hydroxylation is 1. The number of benzene rings is 1.